The smallest absolute Gasteiger partial charge is 0.240 e. The lowest BCUT2D eigenvalue weighted by Crippen LogP contribution is -2.73. The number of piperidine rings is 2. The number of hydrogen-bond donors (Lipinski definition) is 2. The first-order valence-corrected chi connectivity index (χ1v) is 13.0. The molecular weight excluding hydrogens is 418 g/mol. The third kappa shape index (κ3) is 3.55. The summed E-state index contributed by atoms with van der Waals surface area (Å²) in [5.74, 6) is 1.79. The first kappa shape index (κ1) is 21.8. The van der Waals surface area contributed by atoms with Gasteiger partial charge in [0.2, 0.25) is 5.91 Å². The Morgan fingerprint density at radius 1 is 1.06 bits per heavy atom. The number of nitrogens with one attached hydrogen (secondary N) is 2. The lowest BCUT2D eigenvalue weighted by atomic mass is 9.58. The van der Waals surface area contributed by atoms with Crippen LogP contribution in [0.4, 0.5) is 0 Å². The fourth-order valence-electron chi connectivity index (χ4n) is 7.35. The molecule has 7 rings (SSSR count). The molecule has 176 valence electrons. The molecule has 4 heteroatoms. The molecule has 3 saturated heterocycles. The van der Waals surface area contributed by atoms with Crippen LogP contribution in [-0.2, 0) is 17.9 Å². The van der Waals surface area contributed by atoms with Crippen molar-refractivity contribution in [3.05, 3.63) is 83.9 Å². The van der Waals surface area contributed by atoms with Crippen molar-refractivity contribution in [2.45, 2.75) is 50.9 Å². The predicted octanol–water partition coefficient (Wildman–Crippen LogP) is 4.73. The molecule has 0 unspecified atom stereocenters. The maximum Gasteiger partial charge on any atom is 0.240 e. The number of carbonyl (C=O) groups is 1. The van der Waals surface area contributed by atoms with E-state index in [1.807, 2.05) is 18.2 Å². The van der Waals surface area contributed by atoms with Gasteiger partial charge in [0.05, 0.1) is 0 Å². The van der Waals surface area contributed by atoms with Crippen LogP contribution in [0.5, 0.6) is 0 Å². The number of hydrogen-bond acceptors (Lipinski definition) is 3. The molecule has 3 aliphatic heterocycles. The molecule has 1 saturated carbocycles. The Bertz CT molecular complexity index is 1170. The largest absolute Gasteiger partial charge is 0.350 e. The van der Waals surface area contributed by atoms with Gasteiger partial charge in [-0.1, -0.05) is 86.1 Å². The lowest BCUT2D eigenvalue weighted by molar-refractivity contribution is -0.139. The van der Waals surface area contributed by atoms with Crippen LogP contribution in [0.1, 0.15) is 37.3 Å². The van der Waals surface area contributed by atoms with E-state index in [0.717, 1.165) is 44.5 Å². The zero-order valence-electron chi connectivity index (χ0n) is 20.0. The van der Waals surface area contributed by atoms with Crippen molar-refractivity contribution in [1.82, 2.24) is 15.5 Å². The van der Waals surface area contributed by atoms with Gasteiger partial charge in [0.15, 0.2) is 0 Å². The van der Waals surface area contributed by atoms with Crippen LogP contribution < -0.4 is 10.6 Å². The molecule has 0 aromatic heterocycles. The van der Waals surface area contributed by atoms with Gasteiger partial charge in [-0.15, -0.1) is 0 Å². The van der Waals surface area contributed by atoms with E-state index in [9.17, 15) is 4.79 Å². The molecule has 1 aliphatic carbocycles. The molecule has 0 radical (unpaired) electrons. The van der Waals surface area contributed by atoms with Gasteiger partial charge >= 0.3 is 0 Å². The van der Waals surface area contributed by atoms with Crippen molar-refractivity contribution >= 4 is 16.7 Å². The third-order valence-corrected chi connectivity index (χ3v) is 8.77. The molecule has 5 atom stereocenters. The second-order valence-electron chi connectivity index (χ2n) is 10.6. The fourth-order valence-corrected chi connectivity index (χ4v) is 7.35. The topological polar surface area (TPSA) is 44.4 Å². The average molecular weight is 454 g/mol. The second kappa shape index (κ2) is 8.83. The number of rotatable bonds is 7. The van der Waals surface area contributed by atoms with Gasteiger partial charge in [-0.05, 0) is 46.6 Å². The minimum atomic E-state index is -0.442. The monoisotopic (exact) mass is 453 g/mol. The molecule has 4 bridgehead atoms. The van der Waals surface area contributed by atoms with Crippen LogP contribution in [0.25, 0.3) is 10.8 Å². The van der Waals surface area contributed by atoms with Crippen LogP contribution in [0.2, 0.25) is 0 Å². The van der Waals surface area contributed by atoms with E-state index < -0.39 is 5.54 Å². The Balaban J connectivity index is 1.28. The van der Waals surface area contributed by atoms with E-state index in [0.29, 0.717) is 30.3 Å². The van der Waals surface area contributed by atoms with Gasteiger partial charge in [0, 0.05) is 38.1 Å². The molecule has 3 aromatic rings. The number of fused-ring (bicyclic) bond motifs is 2. The van der Waals surface area contributed by atoms with Crippen molar-refractivity contribution in [3.63, 3.8) is 0 Å². The molecule has 0 spiro atoms. The molecule has 2 N–H and O–H groups in total. The maximum absolute atomic E-state index is 13.8. The van der Waals surface area contributed by atoms with Crippen molar-refractivity contribution in [2.75, 3.05) is 13.1 Å². The van der Waals surface area contributed by atoms with Crippen LogP contribution >= 0.6 is 0 Å². The minimum Gasteiger partial charge on any atom is -0.350 e. The first-order valence-electron chi connectivity index (χ1n) is 13.0. The Morgan fingerprint density at radius 3 is 2.71 bits per heavy atom. The van der Waals surface area contributed by atoms with Crippen molar-refractivity contribution in [2.24, 2.45) is 17.8 Å². The Morgan fingerprint density at radius 2 is 1.85 bits per heavy atom. The summed E-state index contributed by atoms with van der Waals surface area (Å²) in [6, 6.07) is 26.2. The zero-order chi connectivity index (χ0) is 23.1. The number of likely N-dealkylation sites (tertiary alicyclic amines) is 1. The first-order chi connectivity index (χ1) is 16.7. The summed E-state index contributed by atoms with van der Waals surface area (Å²) >= 11 is 0. The highest BCUT2D eigenvalue weighted by atomic mass is 16.2. The summed E-state index contributed by atoms with van der Waals surface area (Å²) in [4.78, 5) is 16.5. The van der Waals surface area contributed by atoms with E-state index in [-0.39, 0.29) is 5.91 Å². The van der Waals surface area contributed by atoms with Crippen molar-refractivity contribution in [1.29, 1.82) is 0 Å². The Hall–Kier alpha value is -2.69. The molecule has 4 aliphatic rings. The highest BCUT2D eigenvalue weighted by Crippen LogP contribution is 2.53. The fraction of sp³-hybridized carbons (Fsp3) is 0.433. The molecule has 1 amide bonds. The van der Waals surface area contributed by atoms with Gasteiger partial charge in [0.1, 0.15) is 5.54 Å². The SMILES string of the molecule is CCC[C@@H]1[C@@H]2[C@@H]3CN[C@@]1(C(=O)NCc1ccccc1)C[C@@H]3CN2Cc1cccc2ccccc12. The Labute approximate surface area is 202 Å². The predicted molar refractivity (Wildman–Crippen MR) is 137 cm³/mol. The number of nitrogens with zero attached hydrogens (tertiary/aromatic N) is 1. The normalized spacial score (nSPS) is 30.0. The van der Waals surface area contributed by atoms with Crippen LogP contribution in [0.3, 0.4) is 0 Å². The van der Waals surface area contributed by atoms with Gasteiger partial charge in [0.25, 0.3) is 0 Å². The highest BCUT2D eigenvalue weighted by Gasteiger charge is 2.64. The van der Waals surface area contributed by atoms with E-state index in [1.165, 1.54) is 16.3 Å². The second-order valence-corrected chi connectivity index (χ2v) is 10.6. The summed E-state index contributed by atoms with van der Waals surface area (Å²) < 4.78 is 0. The third-order valence-electron chi connectivity index (χ3n) is 8.77. The van der Waals surface area contributed by atoms with E-state index in [2.05, 4.69) is 77.1 Å². The van der Waals surface area contributed by atoms with Crippen LogP contribution in [0.15, 0.2) is 72.8 Å². The number of amides is 1. The van der Waals surface area contributed by atoms with E-state index in [4.69, 9.17) is 0 Å². The van der Waals surface area contributed by atoms with Gasteiger partial charge in [-0.25, -0.2) is 0 Å². The summed E-state index contributed by atoms with van der Waals surface area (Å²) in [6.07, 6.45) is 3.16. The summed E-state index contributed by atoms with van der Waals surface area (Å²) in [7, 11) is 0. The quantitative estimate of drug-likeness (QED) is 0.543. The standard InChI is InChI=1S/C30H35N3O/c1-2-9-27-28-26-18-32-30(27,29(34)31-17-21-10-4-3-5-11-21)16-24(26)20-33(28)19-23-14-8-13-22-12-6-7-15-25(22)23/h3-8,10-15,24,26-28,32H,2,9,16-20H2,1H3,(H,31,34)/t24-,26-,27-,28+,30+/m1/s1. The summed E-state index contributed by atoms with van der Waals surface area (Å²) in [5.41, 5.74) is 2.12. The number of benzene rings is 3. The van der Waals surface area contributed by atoms with Gasteiger partial charge in [-0.3, -0.25) is 9.69 Å². The van der Waals surface area contributed by atoms with E-state index in [1.54, 1.807) is 0 Å². The van der Waals surface area contributed by atoms with Gasteiger partial charge in [-0.2, -0.15) is 0 Å². The Kier molecular flexibility index (Phi) is 5.66. The molecule has 34 heavy (non-hydrogen) atoms. The average Bonchev–Trinajstić information content (AvgIpc) is 3.18. The van der Waals surface area contributed by atoms with E-state index >= 15 is 0 Å². The van der Waals surface area contributed by atoms with Crippen LogP contribution in [0, 0.1) is 17.8 Å². The molecular formula is C30H35N3O. The zero-order valence-corrected chi connectivity index (χ0v) is 20.0. The van der Waals surface area contributed by atoms with Crippen molar-refractivity contribution in [3.8, 4) is 0 Å². The number of carbonyl (C=O) groups excluding carboxylic acids is 1. The lowest BCUT2D eigenvalue weighted by Gasteiger charge is -2.56. The molecule has 3 aromatic carbocycles. The highest BCUT2D eigenvalue weighted by molar-refractivity contribution is 5.88. The van der Waals surface area contributed by atoms with Crippen LogP contribution in [-0.4, -0.2) is 35.5 Å². The summed E-state index contributed by atoms with van der Waals surface area (Å²) in [5, 5.41) is 9.76. The molecule has 4 nitrogen and oxygen atoms in total. The van der Waals surface area contributed by atoms with Crippen molar-refractivity contribution < 1.29 is 4.79 Å². The maximum atomic E-state index is 13.8. The minimum absolute atomic E-state index is 0.204. The molecule has 3 heterocycles. The van der Waals surface area contributed by atoms with Gasteiger partial charge < -0.3 is 10.6 Å². The molecule has 4 fully saturated rings. The summed E-state index contributed by atoms with van der Waals surface area (Å²) in [6.45, 7) is 5.90.